The Morgan fingerprint density at radius 2 is 1.64 bits per heavy atom. The van der Waals surface area contributed by atoms with Gasteiger partial charge in [0.05, 0.1) is 0 Å². The number of anilines is 1. The molecule has 4 heteroatoms. The lowest BCUT2D eigenvalue weighted by Crippen LogP contribution is -2.22. The van der Waals surface area contributed by atoms with E-state index in [0.29, 0.717) is 18.0 Å². The summed E-state index contributed by atoms with van der Waals surface area (Å²) in [5.41, 5.74) is 3.69. The Hall–Kier alpha value is -2.62. The highest BCUT2D eigenvalue weighted by Gasteiger charge is 2.29. The van der Waals surface area contributed by atoms with E-state index in [1.165, 1.54) is 5.56 Å². The summed E-state index contributed by atoms with van der Waals surface area (Å²) >= 11 is 0. The summed E-state index contributed by atoms with van der Waals surface area (Å²) in [6.07, 6.45) is 1.99. The van der Waals surface area contributed by atoms with E-state index in [2.05, 4.69) is 24.5 Å². The molecule has 0 aliphatic heterocycles. The number of rotatable bonds is 6. The third-order valence-electron chi connectivity index (χ3n) is 4.46. The van der Waals surface area contributed by atoms with Gasteiger partial charge in [-0.3, -0.25) is 9.59 Å². The van der Waals surface area contributed by atoms with Crippen molar-refractivity contribution in [2.45, 2.75) is 39.2 Å². The van der Waals surface area contributed by atoms with Crippen LogP contribution in [0.4, 0.5) is 5.69 Å². The predicted octanol–water partition coefficient (Wildman–Crippen LogP) is 4.09. The molecule has 2 aromatic rings. The molecule has 25 heavy (non-hydrogen) atoms. The van der Waals surface area contributed by atoms with Gasteiger partial charge >= 0.3 is 0 Å². The number of hydrogen-bond donors (Lipinski definition) is 2. The van der Waals surface area contributed by atoms with E-state index in [1.807, 2.05) is 48.5 Å². The number of benzene rings is 2. The quantitative estimate of drug-likeness (QED) is 0.835. The summed E-state index contributed by atoms with van der Waals surface area (Å²) < 4.78 is 0. The minimum Gasteiger partial charge on any atom is -0.348 e. The first-order chi connectivity index (χ1) is 12.0. The number of carbonyl (C=O) groups excluding carboxylic acids is 2. The molecule has 2 aromatic carbocycles. The minimum absolute atomic E-state index is 0.0820. The lowest BCUT2D eigenvalue weighted by Gasteiger charge is -2.09. The van der Waals surface area contributed by atoms with Gasteiger partial charge in [0.1, 0.15) is 0 Å². The molecule has 1 fully saturated rings. The second-order valence-corrected chi connectivity index (χ2v) is 6.92. The molecule has 2 N–H and O–H groups in total. The van der Waals surface area contributed by atoms with Gasteiger partial charge in [-0.05, 0) is 54.2 Å². The van der Waals surface area contributed by atoms with Crippen LogP contribution in [-0.4, -0.2) is 11.8 Å². The fourth-order valence-electron chi connectivity index (χ4n) is 2.60. The molecule has 1 aliphatic rings. The third kappa shape index (κ3) is 4.69. The van der Waals surface area contributed by atoms with E-state index in [1.54, 1.807) is 0 Å². The number of amides is 2. The molecule has 130 valence electrons. The summed E-state index contributed by atoms with van der Waals surface area (Å²) in [6.45, 7) is 4.72. The number of carbonyl (C=O) groups is 2. The molecule has 3 rings (SSSR count). The van der Waals surface area contributed by atoms with Crippen molar-refractivity contribution < 1.29 is 9.59 Å². The maximum atomic E-state index is 12.2. The van der Waals surface area contributed by atoms with Crippen molar-refractivity contribution in [1.82, 2.24) is 5.32 Å². The van der Waals surface area contributed by atoms with Gasteiger partial charge in [-0.2, -0.15) is 0 Å². The fraction of sp³-hybridized carbons (Fsp3) is 0.333. The highest BCUT2D eigenvalue weighted by atomic mass is 16.2. The van der Waals surface area contributed by atoms with E-state index in [9.17, 15) is 9.59 Å². The van der Waals surface area contributed by atoms with Crippen LogP contribution in [0.5, 0.6) is 0 Å². The summed E-state index contributed by atoms with van der Waals surface area (Å²) in [7, 11) is 0. The summed E-state index contributed by atoms with van der Waals surface area (Å²) in [5.74, 6) is 0.671. The highest BCUT2D eigenvalue weighted by Crippen LogP contribution is 2.30. The molecule has 0 radical (unpaired) electrons. The van der Waals surface area contributed by atoms with Gasteiger partial charge in [0.2, 0.25) is 5.91 Å². The van der Waals surface area contributed by atoms with Gasteiger partial charge in [0, 0.05) is 23.7 Å². The molecule has 0 unspecified atom stereocenters. The Labute approximate surface area is 148 Å². The molecule has 0 spiro atoms. The van der Waals surface area contributed by atoms with Crippen LogP contribution in [-0.2, 0) is 11.3 Å². The number of hydrogen-bond acceptors (Lipinski definition) is 2. The maximum absolute atomic E-state index is 12.2. The summed E-state index contributed by atoms with van der Waals surface area (Å²) in [5, 5.41) is 5.84. The molecule has 0 saturated heterocycles. The van der Waals surface area contributed by atoms with Crippen LogP contribution < -0.4 is 10.6 Å². The fourth-order valence-corrected chi connectivity index (χ4v) is 2.60. The molecule has 0 heterocycles. The van der Waals surface area contributed by atoms with Crippen molar-refractivity contribution in [3.63, 3.8) is 0 Å². The second kappa shape index (κ2) is 7.51. The molecule has 4 nitrogen and oxygen atoms in total. The molecular weight excluding hydrogens is 312 g/mol. The van der Waals surface area contributed by atoms with Crippen molar-refractivity contribution in [2.75, 3.05) is 5.32 Å². The summed E-state index contributed by atoms with van der Waals surface area (Å²) in [4.78, 5) is 24.0. The van der Waals surface area contributed by atoms with Gasteiger partial charge in [-0.25, -0.2) is 0 Å². The van der Waals surface area contributed by atoms with Gasteiger partial charge in [0.25, 0.3) is 5.91 Å². The molecule has 2 amide bonds. The molecule has 0 atom stereocenters. The van der Waals surface area contributed by atoms with Crippen molar-refractivity contribution in [3.05, 3.63) is 65.2 Å². The van der Waals surface area contributed by atoms with Crippen LogP contribution in [0.3, 0.4) is 0 Å². The smallest absolute Gasteiger partial charge is 0.251 e. The molecular formula is C21H24N2O2. The molecule has 1 aliphatic carbocycles. The Morgan fingerprint density at radius 1 is 1.00 bits per heavy atom. The topological polar surface area (TPSA) is 58.2 Å². The Kier molecular flexibility index (Phi) is 5.17. The van der Waals surface area contributed by atoms with Crippen LogP contribution in [0.15, 0.2) is 48.5 Å². The van der Waals surface area contributed by atoms with Crippen LogP contribution in [0.1, 0.15) is 54.1 Å². The van der Waals surface area contributed by atoms with E-state index >= 15 is 0 Å². The standard InChI is InChI=1S/C21H24N2O2/c1-14(2)16-5-7-17(8-6-16)20(24)22-13-15-3-11-19(12-4-15)23-21(25)18-9-10-18/h3-8,11-12,14,18H,9-10,13H2,1-2H3,(H,22,24)(H,23,25). The first-order valence-electron chi connectivity index (χ1n) is 8.81. The lowest BCUT2D eigenvalue weighted by atomic mass is 10.0. The van der Waals surface area contributed by atoms with E-state index < -0.39 is 0 Å². The van der Waals surface area contributed by atoms with E-state index in [4.69, 9.17) is 0 Å². The van der Waals surface area contributed by atoms with Gasteiger partial charge < -0.3 is 10.6 Å². The van der Waals surface area contributed by atoms with Gasteiger partial charge in [-0.1, -0.05) is 38.1 Å². The van der Waals surface area contributed by atoms with Crippen LogP contribution in [0, 0.1) is 5.92 Å². The van der Waals surface area contributed by atoms with Crippen molar-refractivity contribution in [2.24, 2.45) is 5.92 Å². The zero-order valence-corrected chi connectivity index (χ0v) is 14.7. The average Bonchev–Trinajstić information content (AvgIpc) is 3.46. The largest absolute Gasteiger partial charge is 0.348 e. The third-order valence-corrected chi connectivity index (χ3v) is 4.46. The second-order valence-electron chi connectivity index (χ2n) is 6.92. The summed E-state index contributed by atoms with van der Waals surface area (Å²) in [6, 6.07) is 15.3. The average molecular weight is 336 g/mol. The molecule has 1 saturated carbocycles. The molecule has 0 aromatic heterocycles. The van der Waals surface area contributed by atoms with Crippen LogP contribution in [0.2, 0.25) is 0 Å². The normalized spacial score (nSPS) is 13.6. The SMILES string of the molecule is CC(C)c1ccc(C(=O)NCc2ccc(NC(=O)C3CC3)cc2)cc1. The Balaban J connectivity index is 1.52. The van der Waals surface area contributed by atoms with Crippen LogP contribution in [0.25, 0.3) is 0 Å². The van der Waals surface area contributed by atoms with Gasteiger partial charge in [-0.15, -0.1) is 0 Å². The van der Waals surface area contributed by atoms with Crippen molar-refractivity contribution in [3.8, 4) is 0 Å². The maximum Gasteiger partial charge on any atom is 0.251 e. The zero-order chi connectivity index (χ0) is 17.8. The van der Waals surface area contributed by atoms with E-state index in [0.717, 1.165) is 24.1 Å². The highest BCUT2D eigenvalue weighted by molar-refractivity contribution is 5.94. The first kappa shape index (κ1) is 17.2. The van der Waals surface area contributed by atoms with Gasteiger partial charge in [0.15, 0.2) is 0 Å². The molecule has 0 bridgehead atoms. The van der Waals surface area contributed by atoms with Crippen LogP contribution >= 0.6 is 0 Å². The lowest BCUT2D eigenvalue weighted by molar-refractivity contribution is -0.117. The van der Waals surface area contributed by atoms with Crippen molar-refractivity contribution >= 4 is 17.5 Å². The number of nitrogens with one attached hydrogen (secondary N) is 2. The minimum atomic E-state index is -0.0820. The Morgan fingerprint density at radius 3 is 2.20 bits per heavy atom. The Bertz CT molecular complexity index is 744. The predicted molar refractivity (Wildman–Crippen MR) is 99.5 cm³/mol. The monoisotopic (exact) mass is 336 g/mol. The van der Waals surface area contributed by atoms with E-state index in [-0.39, 0.29) is 17.7 Å². The first-order valence-corrected chi connectivity index (χ1v) is 8.81. The van der Waals surface area contributed by atoms with Crippen molar-refractivity contribution in [1.29, 1.82) is 0 Å². The zero-order valence-electron chi connectivity index (χ0n) is 14.7.